The molecule has 0 heterocycles. The van der Waals surface area contributed by atoms with E-state index in [1.54, 1.807) is 6.07 Å². The van der Waals surface area contributed by atoms with Crippen LogP contribution in [0.3, 0.4) is 0 Å². The highest BCUT2D eigenvalue weighted by molar-refractivity contribution is 5.80. The van der Waals surface area contributed by atoms with Crippen LogP contribution in [-0.4, -0.2) is 19.5 Å². The molecule has 16 heavy (non-hydrogen) atoms. The molecule has 2 N–H and O–H groups in total. The quantitative estimate of drug-likeness (QED) is 0.806. The Morgan fingerprint density at radius 3 is 2.44 bits per heavy atom. The highest BCUT2D eigenvalue weighted by Gasteiger charge is 2.11. The SMILES string of the molecule is CNC(=O)CNc1c(F)cc(C#N)cc1F. The fraction of sp³-hybridized carbons (Fsp3) is 0.200. The van der Waals surface area contributed by atoms with E-state index in [4.69, 9.17) is 5.26 Å². The third-order valence-corrected chi connectivity index (χ3v) is 1.88. The van der Waals surface area contributed by atoms with Crippen molar-refractivity contribution in [2.75, 3.05) is 18.9 Å². The van der Waals surface area contributed by atoms with Crippen LogP contribution in [-0.2, 0) is 4.79 Å². The molecule has 0 atom stereocenters. The van der Waals surface area contributed by atoms with Crippen molar-refractivity contribution in [1.82, 2.24) is 5.32 Å². The van der Waals surface area contributed by atoms with Crippen molar-refractivity contribution in [1.29, 1.82) is 5.26 Å². The van der Waals surface area contributed by atoms with E-state index in [1.165, 1.54) is 7.05 Å². The number of benzene rings is 1. The summed E-state index contributed by atoms with van der Waals surface area (Å²) >= 11 is 0. The van der Waals surface area contributed by atoms with E-state index < -0.39 is 23.2 Å². The predicted molar refractivity (Wildman–Crippen MR) is 53.6 cm³/mol. The zero-order chi connectivity index (χ0) is 12.1. The van der Waals surface area contributed by atoms with Gasteiger partial charge in [0.05, 0.1) is 18.2 Å². The second-order valence-electron chi connectivity index (χ2n) is 2.95. The molecule has 0 aliphatic carbocycles. The van der Waals surface area contributed by atoms with Gasteiger partial charge in [-0.3, -0.25) is 4.79 Å². The van der Waals surface area contributed by atoms with Crippen molar-refractivity contribution in [3.8, 4) is 6.07 Å². The van der Waals surface area contributed by atoms with Gasteiger partial charge in [-0.05, 0) is 12.1 Å². The minimum atomic E-state index is -0.902. The van der Waals surface area contributed by atoms with Gasteiger partial charge in [0.15, 0.2) is 11.6 Å². The molecule has 0 spiro atoms. The molecule has 1 rings (SSSR count). The summed E-state index contributed by atoms with van der Waals surface area (Å²) in [5.74, 6) is -2.20. The average Bonchev–Trinajstić information content (AvgIpc) is 2.27. The molecule has 0 fully saturated rings. The summed E-state index contributed by atoms with van der Waals surface area (Å²) in [7, 11) is 1.41. The third-order valence-electron chi connectivity index (χ3n) is 1.88. The van der Waals surface area contributed by atoms with Gasteiger partial charge in [0.25, 0.3) is 0 Å². The lowest BCUT2D eigenvalue weighted by atomic mass is 10.2. The van der Waals surface area contributed by atoms with Crippen molar-refractivity contribution in [3.63, 3.8) is 0 Å². The van der Waals surface area contributed by atoms with Crippen LogP contribution in [0.2, 0.25) is 0 Å². The molecule has 0 aliphatic heterocycles. The molecule has 84 valence electrons. The van der Waals surface area contributed by atoms with Crippen molar-refractivity contribution in [3.05, 3.63) is 29.3 Å². The fourth-order valence-corrected chi connectivity index (χ4v) is 1.06. The minimum absolute atomic E-state index is 0.111. The molecule has 0 radical (unpaired) electrons. The molecule has 0 aromatic heterocycles. The fourth-order valence-electron chi connectivity index (χ4n) is 1.06. The van der Waals surface area contributed by atoms with Gasteiger partial charge >= 0.3 is 0 Å². The van der Waals surface area contributed by atoms with E-state index in [0.29, 0.717) is 0 Å². The molecule has 0 bridgehead atoms. The lowest BCUT2D eigenvalue weighted by Crippen LogP contribution is -2.26. The van der Waals surface area contributed by atoms with Gasteiger partial charge in [0, 0.05) is 7.05 Å². The van der Waals surface area contributed by atoms with E-state index >= 15 is 0 Å². The summed E-state index contributed by atoms with van der Waals surface area (Å²) < 4.78 is 26.5. The summed E-state index contributed by atoms with van der Waals surface area (Å²) in [6, 6.07) is 3.42. The predicted octanol–water partition coefficient (Wildman–Crippen LogP) is 0.994. The van der Waals surface area contributed by atoms with E-state index in [-0.39, 0.29) is 12.1 Å². The smallest absolute Gasteiger partial charge is 0.239 e. The summed E-state index contributed by atoms with van der Waals surface area (Å²) in [6.45, 7) is -0.240. The van der Waals surface area contributed by atoms with E-state index in [1.807, 2.05) is 0 Å². The Labute approximate surface area is 90.9 Å². The van der Waals surface area contributed by atoms with Gasteiger partial charge in [0.1, 0.15) is 5.69 Å². The van der Waals surface area contributed by atoms with E-state index in [2.05, 4.69) is 10.6 Å². The van der Waals surface area contributed by atoms with Crippen LogP contribution in [0.15, 0.2) is 12.1 Å². The second kappa shape index (κ2) is 5.07. The first kappa shape index (κ1) is 11.9. The summed E-state index contributed by atoms with van der Waals surface area (Å²) in [6.07, 6.45) is 0. The Morgan fingerprint density at radius 1 is 1.44 bits per heavy atom. The number of amides is 1. The molecule has 6 heteroatoms. The lowest BCUT2D eigenvalue weighted by Gasteiger charge is -2.07. The largest absolute Gasteiger partial charge is 0.371 e. The molecule has 1 amide bonds. The van der Waals surface area contributed by atoms with Crippen molar-refractivity contribution in [2.45, 2.75) is 0 Å². The first-order valence-corrected chi connectivity index (χ1v) is 4.42. The van der Waals surface area contributed by atoms with Crippen molar-refractivity contribution >= 4 is 11.6 Å². The van der Waals surface area contributed by atoms with Gasteiger partial charge in [-0.2, -0.15) is 5.26 Å². The standard InChI is InChI=1S/C10H9F2N3O/c1-14-9(16)5-15-10-7(11)2-6(4-13)3-8(10)12/h2-3,15H,5H2,1H3,(H,14,16). The summed E-state index contributed by atoms with van der Waals surface area (Å²) in [5, 5.41) is 13.1. The zero-order valence-corrected chi connectivity index (χ0v) is 8.47. The molecular formula is C10H9F2N3O. The van der Waals surface area contributed by atoms with E-state index in [0.717, 1.165) is 12.1 Å². The van der Waals surface area contributed by atoms with Gasteiger partial charge < -0.3 is 10.6 Å². The number of likely N-dealkylation sites (N-methyl/N-ethyl adjacent to an activating group) is 1. The summed E-state index contributed by atoms with van der Waals surface area (Å²) in [4.78, 5) is 10.9. The minimum Gasteiger partial charge on any atom is -0.371 e. The Kier molecular flexibility index (Phi) is 3.78. The van der Waals surface area contributed by atoms with Crippen LogP contribution >= 0.6 is 0 Å². The zero-order valence-electron chi connectivity index (χ0n) is 8.47. The molecule has 4 nitrogen and oxygen atoms in total. The maximum absolute atomic E-state index is 13.3. The number of nitriles is 1. The maximum Gasteiger partial charge on any atom is 0.239 e. The van der Waals surface area contributed by atoms with E-state index in [9.17, 15) is 13.6 Å². The van der Waals surface area contributed by atoms with Gasteiger partial charge in [-0.15, -0.1) is 0 Å². The molecule has 0 aliphatic rings. The first-order valence-electron chi connectivity index (χ1n) is 4.42. The number of nitrogens with zero attached hydrogens (tertiary/aromatic N) is 1. The molecule has 1 aromatic carbocycles. The van der Waals surface area contributed by atoms with Crippen LogP contribution in [0.5, 0.6) is 0 Å². The maximum atomic E-state index is 13.3. The number of halogens is 2. The first-order chi connectivity index (χ1) is 7.58. The summed E-state index contributed by atoms with van der Waals surface area (Å²) in [5.41, 5.74) is -0.525. The number of nitrogens with one attached hydrogen (secondary N) is 2. The van der Waals surface area contributed by atoms with Gasteiger partial charge in [-0.1, -0.05) is 0 Å². The third kappa shape index (κ3) is 2.67. The monoisotopic (exact) mass is 225 g/mol. The Bertz CT molecular complexity index is 431. The highest BCUT2D eigenvalue weighted by Crippen LogP contribution is 2.20. The van der Waals surface area contributed by atoms with Crippen LogP contribution < -0.4 is 10.6 Å². The van der Waals surface area contributed by atoms with Crippen LogP contribution in [0.25, 0.3) is 0 Å². The number of carbonyl (C=O) groups is 1. The van der Waals surface area contributed by atoms with Crippen LogP contribution in [0.1, 0.15) is 5.56 Å². The van der Waals surface area contributed by atoms with Crippen molar-refractivity contribution in [2.24, 2.45) is 0 Å². The second-order valence-corrected chi connectivity index (χ2v) is 2.95. The van der Waals surface area contributed by atoms with Gasteiger partial charge in [-0.25, -0.2) is 8.78 Å². The number of hydrogen-bond donors (Lipinski definition) is 2. The highest BCUT2D eigenvalue weighted by atomic mass is 19.1. The topological polar surface area (TPSA) is 64.9 Å². The number of hydrogen-bond acceptors (Lipinski definition) is 3. The van der Waals surface area contributed by atoms with Gasteiger partial charge in [0.2, 0.25) is 5.91 Å². The number of rotatable bonds is 3. The molecule has 0 saturated carbocycles. The van der Waals surface area contributed by atoms with Crippen LogP contribution in [0, 0.1) is 23.0 Å². The molecule has 0 saturated heterocycles. The Balaban J connectivity index is 2.89. The molecule has 1 aromatic rings. The Morgan fingerprint density at radius 2 is 2.00 bits per heavy atom. The van der Waals surface area contributed by atoms with Crippen LogP contribution in [0.4, 0.5) is 14.5 Å². The molecule has 0 unspecified atom stereocenters. The number of anilines is 1. The average molecular weight is 225 g/mol. The van der Waals surface area contributed by atoms with Crippen molar-refractivity contribution < 1.29 is 13.6 Å². The normalized spacial score (nSPS) is 9.38. The lowest BCUT2D eigenvalue weighted by molar-refractivity contribution is -0.118. The molecular weight excluding hydrogens is 216 g/mol. The number of carbonyl (C=O) groups excluding carboxylic acids is 1. The Hall–Kier alpha value is -2.16.